The number of nitriles is 1. The number of hydrogen-bond donors (Lipinski definition) is 0. The maximum Gasteiger partial charge on any atom is 0.220 e. The van der Waals surface area contributed by atoms with Gasteiger partial charge in [0.2, 0.25) is 9.84 Å². The predicted octanol–water partition coefficient (Wildman–Crippen LogP) is 4.36. The van der Waals surface area contributed by atoms with Crippen molar-refractivity contribution in [3.05, 3.63) is 63.1 Å². The van der Waals surface area contributed by atoms with Crippen LogP contribution in [0.2, 0.25) is 0 Å². The van der Waals surface area contributed by atoms with E-state index in [4.69, 9.17) is 0 Å². The number of hydrogen-bond acceptors (Lipinski definition) is 4. The van der Waals surface area contributed by atoms with E-state index in [1.807, 2.05) is 38.1 Å². The van der Waals surface area contributed by atoms with Crippen molar-refractivity contribution in [2.75, 3.05) is 4.90 Å². The first-order valence-electron chi connectivity index (χ1n) is 6.87. The van der Waals surface area contributed by atoms with Crippen LogP contribution in [0.1, 0.15) is 11.1 Å². The van der Waals surface area contributed by atoms with Gasteiger partial charge in [-0.05, 0) is 65.2 Å². The molecule has 6 heteroatoms. The summed E-state index contributed by atoms with van der Waals surface area (Å²) in [5, 5.41) is 9.25. The number of anilines is 2. The maximum atomic E-state index is 12.5. The normalized spacial score (nSPS) is 15.6. The van der Waals surface area contributed by atoms with Crippen molar-refractivity contribution >= 4 is 37.1 Å². The minimum Gasteiger partial charge on any atom is -0.313 e. The number of sulfone groups is 1. The van der Waals surface area contributed by atoms with Gasteiger partial charge in [-0.2, -0.15) is 5.26 Å². The van der Waals surface area contributed by atoms with E-state index in [-0.39, 0.29) is 9.80 Å². The molecule has 1 aliphatic heterocycles. The molecule has 0 fully saturated rings. The number of fused-ring (bicyclic) bond motifs is 1. The maximum absolute atomic E-state index is 12.5. The van der Waals surface area contributed by atoms with Gasteiger partial charge in [0.25, 0.3) is 0 Å². The third-order valence-corrected chi connectivity index (χ3v) is 6.01. The van der Waals surface area contributed by atoms with E-state index < -0.39 is 9.84 Å². The molecule has 0 aromatic heterocycles. The molecule has 1 heterocycles. The average Bonchev–Trinajstić information content (AvgIpc) is 2.48. The molecule has 0 N–H and O–H groups in total. The molecule has 0 radical (unpaired) electrons. The smallest absolute Gasteiger partial charge is 0.220 e. The summed E-state index contributed by atoms with van der Waals surface area (Å²) in [6.45, 7) is 3.88. The monoisotopic (exact) mass is 388 g/mol. The van der Waals surface area contributed by atoms with E-state index >= 15 is 0 Å². The van der Waals surface area contributed by atoms with Crippen LogP contribution in [0.3, 0.4) is 0 Å². The lowest BCUT2D eigenvalue weighted by Crippen LogP contribution is -2.21. The second-order valence-electron chi connectivity index (χ2n) is 5.40. The zero-order valence-electron chi connectivity index (χ0n) is 12.5. The Morgan fingerprint density at radius 3 is 2.35 bits per heavy atom. The van der Waals surface area contributed by atoms with E-state index in [0.29, 0.717) is 5.69 Å². The van der Waals surface area contributed by atoms with Crippen LogP contribution in [0, 0.1) is 25.2 Å². The average molecular weight is 389 g/mol. The molecule has 2 aromatic carbocycles. The molecule has 4 nitrogen and oxygen atoms in total. The molecule has 116 valence electrons. The van der Waals surface area contributed by atoms with E-state index in [0.717, 1.165) is 21.3 Å². The molecule has 1 aliphatic rings. The first-order chi connectivity index (χ1) is 10.8. The molecule has 0 saturated carbocycles. The molecule has 0 atom stereocenters. The van der Waals surface area contributed by atoms with Gasteiger partial charge in [0.15, 0.2) is 4.91 Å². The molecular formula is C17H13BrN2O2S. The fourth-order valence-electron chi connectivity index (χ4n) is 2.51. The summed E-state index contributed by atoms with van der Waals surface area (Å²) in [6.07, 6.45) is 1.38. The lowest BCUT2D eigenvalue weighted by molar-refractivity contribution is 0.602. The minimum absolute atomic E-state index is 0.148. The fraction of sp³-hybridized carbons (Fsp3) is 0.118. The number of benzene rings is 2. The molecule has 0 amide bonds. The van der Waals surface area contributed by atoms with Crippen LogP contribution in [0.25, 0.3) is 0 Å². The van der Waals surface area contributed by atoms with E-state index in [2.05, 4.69) is 15.9 Å². The molecule has 0 spiro atoms. The van der Waals surface area contributed by atoms with Crippen LogP contribution in [0.4, 0.5) is 11.4 Å². The van der Waals surface area contributed by atoms with Crippen LogP contribution in [0.5, 0.6) is 0 Å². The van der Waals surface area contributed by atoms with Crippen molar-refractivity contribution in [1.29, 1.82) is 5.26 Å². The van der Waals surface area contributed by atoms with Crippen molar-refractivity contribution in [3.8, 4) is 6.07 Å². The molecular weight excluding hydrogens is 376 g/mol. The molecule has 23 heavy (non-hydrogen) atoms. The van der Waals surface area contributed by atoms with Crippen molar-refractivity contribution in [1.82, 2.24) is 0 Å². The number of aryl methyl sites for hydroxylation is 2. The SMILES string of the molecule is Cc1ccc(N2C=C(C#N)S(=O)(=O)c3ccc(C)cc32)c(Br)c1. The molecule has 0 aliphatic carbocycles. The highest BCUT2D eigenvalue weighted by Gasteiger charge is 2.32. The summed E-state index contributed by atoms with van der Waals surface area (Å²) < 4.78 is 25.9. The van der Waals surface area contributed by atoms with Crippen molar-refractivity contribution in [2.45, 2.75) is 18.7 Å². The Labute approximate surface area is 143 Å². The first-order valence-corrected chi connectivity index (χ1v) is 9.15. The summed E-state index contributed by atoms with van der Waals surface area (Å²) in [7, 11) is -3.77. The van der Waals surface area contributed by atoms with E-state index in [9.17, 15) is 13.7 Å². The Bertz CT molecular complexity index is 988. The number of allylic oxidation sites excluding steroid dienone is 1. The van der Waals surface area contributed by atoms with Gasteiger partial charge in [-0.25, -0.2) is 8.42 Å². The molecule has 0 unspecified atom stereocenters. The van der Waals surface area contributed by atoms with E-state index in [1.165, 1.54) is 6.20 Å². The van der Waals surface area contributed by atoms with Crippen LogP contribution in [-0.2, 0) is 9.84 Å². The number of halogens is 1. The second-order valence-corrected chi connectivity index (χ2v) is 8.15. The first kappa shape index (κ1) is 15.8. The van der Waals surface area contributed by atoms with Gasteiger partial charge in [0.05, 0.1) is 16.3 Å². The van der Waals surface area contributed by atoms with Gasteiger partial charge in [-0.1, -0.05) is 12.1 Å². The van der Waals surface area contributed by atoms with E-state index in [1.54, 1.807) is 23.1 Å². The molecule has 0 bridgehead atoms. The summed E-state index contributed by atoms with van der Waals surface area (Å²) in [5.41, 5.74) is 3.36. The summed E-state index contributed by atoms with van der Waals surface area (Å²) in [6, 6.07) is 12.7. The largest absolute Gasteiger partial charge is 0.313 e. The molecule has 3 rings (SSSR count). The number of rotatable bonds is 1. The highest BCUT2D eigenvalue weighted by Crippen LogP contribution is 2.42. The van der Waals surface area contributed by atoms with Crippen molar-refractivity contribution < 1.29 is 8.42 Å². The lowest BCUT2D eigenvalue weighted by atomic mass is 10.1. The Kier molecular flexibility index (Phi) is 3.78. The second kappa shape index (κ2) is 5.52. The van der Waals surface area contributed by atoms with Gasteiger partial charge in [0.1, 0.15) is 6.07 Å². The van der Waals surface area contributed by atoms with Gasteiger partial charge >= 0.3 is 0 Å². The topological polar surface area (TPSA) is 61.2 Å². The summed E-state index contributed by atoms with van der Waals surface area (Å²) in [4.78, 5) is 1.63. The molecule has 2 aromatic rings. The van der Waals surface area contributed by atoms with Crippen LogP contribution in [-0.4, -0.2) is 8.42 Å². The van der Waals surface area contributed by atoms with Crippen LogP contribution < -0.4 is 4.90 Å². The highest BCUT2D eigenvalue weighted by atomic mass is 79.9. The quantitative estimate of drug-likeness (QED) is 0.727. The predicted molar refractivity (Wildman–Crippen MR) is 93.1 cm³/mol. The lowest BCUT2D eigenvalue weighted by Gasteiger charge is -2.28. The standard InChI is InChI=1S/C17H13BrN2O2S/c1-11-3-5-15(14(18)7-11)20-10-13(9-19)23(21,22)17-6-4-12(2)8-16(17)20/h3-8,10H,1-2H3. The fourth-order valence-corrected chi connectivity index (χ4v) is 4.48. The Hall–Kier alpha value is -2.10. The third kappa shape index (κ3) is 2.56. The van der Waals surface area contributed by atoms with Crippen molar-refractivity contribution in [3.63, 3.8) is 0 Å². The van der Waals surface area contributed by atoms with Crippen LogP contribution >= 0.6 is 15.9 Å². The minimum atomic E-state index is -3.77. The Morgan fingerprint density at radius 1 is 1.04 bits per heavy atom. The van der Waals surface area contributed by atoms with Crippen molar-refractivity contribution in [2.24, 2.45) is 0 Å². The van der Waals surface area contributed by atoms with Gasteiger partial charge in [-0.3, -0.25) is 0 Å². The van der Waals surface area contributed by atoms with Gasteiger partial charge in [-0.15, -0.1) is 0 Å². The third-order valence-electron chi connectivity index (χ3n) is 3.67. The van der Waals surface area contributed by atoms with Crippen LogP contribution in [0.15, 0.2) is 56.9 Å². The highest BCUT2D eigenvalue weighted by molar-refractivity contribution is 9.10. The Morgan fingerprint density at radius 2 is 1.70 bits per heavy atom. The Balaban J connectivity index is 2.33. The van der Waals surface area contributed by atoms with Gasteiger partial charge < -0.3 is 4.90 Å². The zero-order valence-corrected chi connectivity index (χ0v) is 14.9. The number of nitrogens with zero attached hydrogens (tertiary/aromatic N) is 2. The molecule has 0 saturated heterocycles. The summed E-state index contributed by atoms with van der Waals surface area (Å²) in [5.74, 6) is 0. The summed E-state index contributed by atoms with van der Waals surface area (Å²) >= 11 is 3.52. The van der Waals surface area contributed by atoms with Gasteiger partial charge in [0, 0.05) is 10.7 Å². The zero-order chi connectivity index (χ0) is 16.8.